The highest BCUT2D eigenvalue weighted by atomic mass is 32.1. The summed E-state index contributed by atoms with van der Waals surface area (Å²) in [7, 11) is 0. The Labute approximate surface area is 414 Å². The summed E-state index contributed by atoms with van der Waals surface area (Å²) in [6.45, 7) is 34.9. The molecule has 0 fully saturated rings. The van der Waals surface area contributed by atoms with Gasteiger partial charge in [-0.05, 0) is 175 Å². The first-order valence-corrected chi connectivity index (χ1v) is 25.6. The van der Waals surface area contributed by atoms with Gasteiger partial charge in [-0.2, -0.15) is 0 Å². The number of fused-ring (bicyclic) bond motifs is 8. The zero-order valence-corrected chi connectivity index (χ0v) is 43.5. The average molecular weight is 904 g/mol. The van der Waals surface area contributed by atoms with Gasteiger partial charge in [-0.3, -0.25) is 0 Å². The maximum absolute atomic E-state index is 9.50. The minimum atomic E-state index is -0.390. The van der Waals surface area contributed by atoms with E-state index in [-0.39, 0.29) is 68.9 Å². The number of aryl methyl sites for hydroxylation is 1. The van der Waals surface area contributed by atoms with Crippen LogP contribution in [0, 0.1) is 6.92 Å². The molecule has 4 heteroatoms. The monoisotopic (exact) mass is 904 g/mol. The Hall–Kier alpha value is -5.06. The fourth-order valence-electron chi connectivity index (χ4n) is 12.2. The van der Waals surface area contributed by atoms with Crippen LogP contribution in [0.3, 0.4) is 0 Å². The molecule has 0 N–H and O–H groups in total. The molecule has 67 heavy (non-hydrogen) atoms. The number of thiophene rings is 1. The van der Waals surface area contributed by atoms with Crippen LogP contribution in [-0.2, 0) is 32.5 Å². The molecule has 3 heterocycles. The second kappa shape index (κ2) is 14.5. The third-order valence-corrected chi connectivity index (χ3v) is 17.8. The third kappa shape index (κ3) is 6.84. The molecule has 342 valence electrons. The van der Waals surface area contributed by atoms with Gasteiger partial charge in [0.1, 0.15) is 0 Å². The Morgan fingerprint density at radius 3 is 1.73 bits per heavy atom. The number of benzene rings is 6. The molecule has 2 aliphatic carbocycles. The molecule has 0 saturated carbocycles. The Bertz CT molecular complexity index is 3460. The topological polar surface area (TPSA) is 6.48 Å². The summed E-state index contributed by atoms with van der Waals surface area (Å²) in [6.07, 6.45) is 4.50. The Balaban J connectivity index is 1.31. The lowest BCUT2D eigenvalue weighted by molar-refractivity contribution is 0.332. The van der Waals surface area contributed by atoms with Crippen LogP contribution in [0.5, 0.6) is 0 Å². The van der Waals surface area contributed by atoms with Crippen LogP contribution in [-0.4, -0.2) is 6.71 Å². The van der Waals surface area contributed by atoms with Gasteiger partial charge >= 0.3 is 0 Å². The van der Waals surface area contributed by atoms with E-state index in [2.05, 4.69) is 193 Å². The highest BCUT2D eigenvalue weighted by molar-refractivity contribution is 7.33. The summed E-state index contributed by atoms with van der Waals surface area (Å²) in [6, 6.07) is 29.3. The van der Waals surface area contributed by atoms with Gasteiger partial charge in [-0.25, -0.2) is 0 Å². The van der Waals surface area contributed by atoms with Crippen molar-refractivity contribution in [2.45, 2.75) is 162 Å². The van der Waals surface area contributed by atoms with Crippen molar-refractivity contribution < 1.29 is 6.85 Å². The largest absolute Gasteiger partial charge is 0.311 e. The minimum absolute atomic E-state index is 0.00359. The normalized spacial score (nSPS) is 19.6. The van der Waals surface area contributed by atoms with Gasteiger partial charge in [0.2, 0.25) is 0 Å². The number of nitrogens with zero attached hydrogens (tertiary/aromatic N) is 2. The van der Waals surface area contributed by atoms with Crippen molar-refractivity contribution >= 4 is 78.0 Å². The predicted molar refractivity (Wildman–Crippen MR) is 294 cm³/mol. The van der Waals surface area contributed by atoms with Crippen molar-refractivity contribution in [3.63, 3.8) is 0 Å². The quantitative estimate of drug-likeness (QED) is 0.163. The molecule has 0 amide bonds. The zero-order valence-electron chi connectivity index (χ0n) is 47.7. The maximum Gasteiger partial charge on any atom is 0.264 e. The van der Waals surface area contributed by atoms with Gasteiger partial charge in [0.15, 0.2) is 0 Å². The molecule has 0 radical (unpaired) electrons. The van der Waals surface area contributed by atoms with E-state index in [1.807, 2.05) is 11.3 Å². The van der Waals surface area contributed by atoms with Crippen LogP contribution >= 0.6 is 11.3 Å². The fourth-order valence-corrected chi connectivity index (χ4v) is 13.5. The van der Waals surface area contributed by atoms with E-state index in [1.165, 1.54) is 53.9 Å². The van der Waals surface area contributed by atoms with E-state index in [1.54, 1.807) is 0 Å². The van der Waals surface area contributed by atoms with Crippen molar-refractivity contribution in [2.75, 3.05) is 9.80 Å². The van der Waals surface area contributed by atoms with Crippen LogP contribution in [0.2, 0.25) is 0 Å². The molecule has 1 aromatic heterocycles. The van der Waals surface area contributed by atoms with Gasteiger partial charge in [-0.1, -0.05) is 151 Å². The van der Waals surface area contributed by atoms with Crippen LogP contribution in [0.25, 0.3) is 21.2 Å². The van der Waals surface area contributed by atoms with E-state index < -0.39 is 6.04 Å². The number of rotatable bonds is 3. The molecule has 6 aromatic carbocycles. The molecule has 0 spiro atoms. The predicted octanol–water partition coefficient (Wildman–Crippen LogP) is 16.3. The number of anilines is 6. The second-order valence-electron chi connectivity index (χ2n) is 25.3. The lowest BCUT2D eigenvalue weighted by Gasteiger charge is -2.47. The Morgan fingerprint density at radius 2 is 1.10 bits per heavy atom. The summed E-state index contributed by atoms with van der Waals surface area (Å²) < 4.78 is 48.0. The molecule has 0 saturated heterocycles. The number of hydrogen-bond donors (Lipinski definition) is 0. The molecule has 2 aliphatic heterocycles. The van der Waals surface area contributed by atoms with Gasteiger partial charge in [0.05, 0.1) is 18.2 Å². The molecule has 11 rings (SSSR count). The van der Waals surface area contributed by atoms with E-state index in [9.17, 15) is 2.74 Å². The molecular weight excluding hydrogens is 828 g/mol. The summed E-state index contributed by atoms with van der Waals surface area (Å²) in [4.78, 5) is 5.03. The van der Waals surface area contributed by atoms with Gasteiger partial charge in [-0.15, -0.1) is 11.3 Å². The van der Waals surface area contributed by atoms with E-state index in [0.29, 0.717) is 5.56 Å². The van der Waals surface area contributed by atoms with Crippen LogP contribution < -0.4 is 25.5 Å². The molecule has 0 bridgehead atoms. The SMILES string of the molecule is [2H]c1c([2H])c([2H])c(-c2cc(C(C)(C)C)ccc2N2c3cc(C)cc4c3B(c3cc5c(cc3N4c3ccc4c(c3)C(C)(C)CCC4(C)C)C(C)(C)CCC5(C)C)c3sc4ccc(C(C)(C)C)cc4c32)c([2H])c1[2H]. The zero-order chi connectivity index (χ0) is 51.9. The fraction of sp³-hybridized carbons (Fsp3) is 0.397. The van der Waals surface area contributed by atoms with Crippen LogP contribution in [0.4, 0.5) is 34.1 Å². The molecule has 0 unspecified atom stereocenters. The molecule has 2 nitrogen and oxygen atoms in total. The third-order valence-electron chi connectivity index (χ3n) is 16.6. The van der Waals surface area contributed by atoms with Crippen LogP contribution in [0.1, 0.15) is 168 Å². The first kappa shape index (κ1) is 38.9. The van der Waals surface area contributed by atoms with Gasteiger partial charge in [0, 0.05) is 43.2 Å². The Kier molecular flexibility index (Phi) is 8.40. The van der Waals surface area contributed by atoms with Crippen LogP contribution in [0.15, 0.2) is 109 Å². The lowest BCUT2D eigenvalue weighted by atomic mass is 9.35. The highest BCUT2D eigenvalue weighted by Crippen LogP contribution is 2.55. The van der Waals surface area contributed by atoms with E-state index in [4.69, 9.17) is 4.11 Å². The van der Waals surface area contributed by atoms with Crippen molar-refractivity contribution in [1.29, 1.82) is 0 Å². The first-order valence-electron chi connectivity index (χ1n) is 27.3. The van der Waals surface area contributed by atoms with E-state index >= 15 is 0 Å². The molecule has 7 aromatic rings. The summed E-state index contributed by atoms with van der Waals surface area (Å²) in [5.74, 6) is 0. The smallest absolute Gasteiger partial charge is 0.264 e. The van der Waals surface area contributed by atoms with Gasteiger partial charge in [0.25, 0.3) is 6.71 Å². The molecular formula is C63H71BN2S. The highest BCUT2D eigenvalue weighted by Gasteiger charge is 2.49. The summed E-state index contributed by atoms with van der Waals surface area (Å²) in [5, 5.41) is 1.16. The van der Waals surface area contributed by atoms with Crippen molar-refractivity contribution in [3.05, 3.63) is 148 Å². The van der Waals surface area contributed by atoms with Crippen molar-refractivity contribution in [1.82, 2.24) is 0 Å². The van der Waals surface area contributed by atoms with Gasteiger partial charge < -0.3 is 9.80 Å². The summed E-state index contributed by atoms with van der Waals surface area (Å²) in [5.41, 5.74) is 18.6. The summed E-state index contributed by atoms with van der Waals surface area (Å²) >= 11 is 1.88. The number of hydrogen-bond acceptors (Lipinski definition) is 3. The lowest BCUT2D eigenvalue weighted by Crippen LogP contribution is -2.61. The maximum atomic E-state index is 9.50. The second-order valence-corrected chi connectivity index (χ2v) is 26.4. The Morgan fingerprint density at radius 1 is 0.552 bits per heavy atom. The van der Waals surface area contributed by atoms with E-state index in [0.717, 1.165) is 70.6 Å². The first-order chi connectivity index (χ1) is 33.4. The minimum Gasteiger partial charge on any atom is -0.311 e. The van der Waals surface area contributed by atoms with Crippen molar-refractivity contribution in [3.8, 4) is 11.1 Å². The molecule has 4 aliphatic rings. The van der Waals surface area contributed by atoms with Crippen molar-refractivity contribution in [2.24, 2.45) is 0 Å². The molecule has 0 atom stereocenters. The average Bonchev–Trinajstić information content (AvgIpc) is 3.68. The standard InChI is InChI=1S/C63H71BN2S/c1-38-31-52-55-53(32-38)66(50-25-21-40(58(2,3)4)33-43(50)39-19-17-16-18-20-39)56-44-34-41(59(5,6)7)22-26-54(44)67-57(56)64(55)49-36-47-48(63(14,15)30-29-62(47,12)13)37-51(49)65(52)42-23-24-45-46(35-42)61(10,11)28-27-60(45,8)9/h16-26,31-37H,27-30H2,1-15H3/i16D,17D,18D,19D,20D.